The molecule has 0 spiro atoms. The molecule has 6 heteroatoms. The average molecular weight is 341 g/mol. The minimum atomic E-state index is 0.509. The van der Waals surface area contributed by atoms with Crippen molar-refractivity contribution < 1.29 is 9.47 Å². The monoisotopic (exact) mass is 340 g/mol. The minimum absolute atomic E-state index is 0.509. The molecule has 1 saturated carbocycles. The first-order chi connectivity index (χ1) is 11.7. The maximum atomic E-state index is 5.66. The van der Waals surface area contributed by atoms with Crippen LogP contribution in [0, 0.1) is 11.8 Å². The molecule has 0 bridgehead atoms. The molecule has 2 rings (SSSR count). The summed E-state index contributed by atoms with van der Waals surface area (Å²) in [6, 6.07) is 0.509. The second-order valence-corrected chi connectivity index (χ2v) is 7.21. The highest BCUT2D eigenvalue weighted by molar-refractivity contribution is 5.79. The summed E-state index contributed by atoms with van der Waals surface area (Å²) in [5, 5.41) is 6.87. The Morgan fingerprint density at radius 2 is 2.00 bits per heavy atom. The molecule has 0 aromatic carbocycles. The predicted molar refractivity (Wildman–Crippen MR) is 98.5 cm³/mol. The van der Waals surface area contributed by atoms with Gasteiger partial charge in [-0.1, -0.05) is 13.8 Å². The minimum Gasteiger partial charge on any atom is -0.381 e. The molecule has 24 heavy (non-hydrogen) atoms. The van der Waals surface area contributed by atoms with Crippen LogP contribution in [0.1, 0.15) is 33.1 Å². The van der Waals surface area contributed by atoms with E-state index in [2.05, 4.69) is 34.4 Å². The summed E-state index contributed by atoms with van der Waals surface area (Å²) in [5.41, 5.74) is 0. The van der Waals surface area contributed by atoms with E-state index >= 15 is 0 Å². The van der Waals surface area contributed by atoms with Crippen molar-refractivity contribution in [3.63, 3.8) is 0 Å². The van der Waals surface area contributed by atoms with Crippen LogP contribution in [0.4, 0.5) is 0 Å². The second kappa shape index (κ2) is 10.9. The first kappa shape index (κ1) is 19.5. The third kappa shape index (κ3) is 7.36. The van der Waals surface area contributed by atoms with Crippen molar-refractivity contribution in [1.29, 1.82) is 0 Å². The number of hydrogen-bond acceptors (Lipinski definition) is 4. The summed E-state index contributed by atoms with van der Waals surface area (Å²) in [4.78, 5) is 6.86. The van der Waals surface area contributed by atoms with E-state index < -0.39 is 0 Å². The number of nitrogens with zero attached hydrogens (tertiary/aromatic N) is 2. The summed E-state index contributed by atoms with van der Waals surface area (Å²) >= 11 is 0. The zero-order valence-electron chi connectivity index (χ0n) is 15.7. The molecule has 1 saturated heterocycles. The molecule has 2 aliphatic rings. The Balaban J connectivity index is 1.60. The molecule has 6 nitrogen and oxygen atoms in total. The van der Waals surface area contributed by atoms with Gasteiger partial charge in [0.2, 0.25) is 0 Å². The Kier molecular flexibility index (Phi) is 8.84. The Hall–Kier alpha value is -0.850. The predicted octanol–water partition coefficient (Wildman–Crippen LogP) is 1.32. The lowest BCUT2D eigenvalue weighted by atomic mass is 10.0. The van der Waals surface area contributed by atoms with Gasteiger partial charge in [0.05, 0.1) is 13.2 Å². The van der Waals surface area contributed by atoms with Crippen LogP contribution in [0.3, 0.4) is 0 Å². The summed E-state index contributed by atoms with van der Waals surface area (Å²) in [6.07, 6.45) is 3.73. The van der Waals surface area contributed by atoms with Gasteiger partial charge in [-0.05, 0) is 31.1 Å². The standard InChI is InChI=1S/C18H36N4O2/c1-15(2)17(22-8-11-23-12-9-22)13-21-18(19-3)20-7-4-10-24-14-16-5-6-16/h15-17H,4-14H2,1-3H3,(H2,19,20,21). The highest BCUT2D eigenvalue weighted by Crippen LogP contribution is 2.28. The molecule has 1 heterocycles. The summed E-state index contributed by atoms with van der Waals surface area (Å²) in [7, 11) is 1.83. The third-order valence-electron chi connectivity index (χ3n) is 4.79. The zero-order valence-corrected chi connectivity index (χ0v) is 15.7. The van der Waals surface area contributed by atoms with Gasteiger partial charge in [0, 0.05) is 52.5 Å². The maximum Gasteiger partial charge on any atom is 0.191 e. The van der Waals surface area contributed by atoms with Gasteiger partial charge in [0.1, 0.15) is 0 Å². The van der Waals surface area contributed by atoms with Gasteiger partial charge in [0.15, 0.2) is 5.96 Å². The first-order valence-electron chi connectivity index (χ1n) is 9.54. The maximum absolute atomic E-state index is 5.66. The Bertz CT molecular complexity index is 366. The third-order valence-corrected chi connectivity index (χ3v) is 4.79. The number of morpholine rings is 1. The van der Waals surface area contributed by atoms with Crippen molar-refractivity contribution in [2.45, 2.75) is 39.2 Å². The normalized spacial score (nSPS) is 21.1. The van der Waals surface area contributed by atoms with Crippen LogP contribution in [0.2, 0.25) is 0 Å². The number of aliphatic imine (C=N–C) groups is 1. The number of nitrogens with one attached hydrogen (secondary N) is 2. The quantitative estimate of drug-likeness (QED) is 0.357. The topological polar surface area (TPSA) is 58.1 Å². The molecule has 1 aliphatic carbocycles. The van der Waals surface area contributed by atoms with Crippen molar-refractivity contribution in [3.05, 3.63) is 0 Å². The van der Waals surface area contributed by atoms with Crippen LogP contribution < -0.4 is 10.6 Å². The Morgan fingerprint density at radius 1 is 1.25 bits per heavy atom. The summed E-state index contributed by atoms with van der Waals surface area (Å²) in [5.74, 6) is 2.33. The molecule has 0 aromatic rings. The Morgan fingerprint density at radius 3 is 2.62 bits per heavy atom. The van der Waals surface area contributed by atoms with Gasteiger partial charge in [-0.2, -0.15) is 0 Å². The van der Waals surface area contributed by atoms with Crippen LogP contribution in [0.25, 0.3) is 0 Å². The van der Waals surface area contributed by atoms with Gasteiger partial charge in [-0.25, -0.2) is 0 Å². The number of hydrogen-bond donors (Lipinski definition) is 2. The highest BCUT2D eigenvalue weighted by Gasteiger charge is 2.24. The SMILES string of the molecule is CN=C(NCCCOCC1CC1)NCC(C(C)C)N1CCOCC1. The number of ether oxygens (including phenoxy) is 2. The van der Waals surface area contributed by atoms with Crippen LogP contribution in [-0.4, -0.2) is 76.6 Å². The largest absolute Gasteiger partial charge is 0.381 e. The van der Waals surface area contributed by atoms with Gasteiger partial charge < -0.3 is 20.1 Å². The van der Waals surface area contributed by atoms with Crippen LogP contribution in [0.15, 0.2) is 4.99 Å². The number of guanidine groups is 1. The van der Waals surface area contributed by atoms with Gasteiger partial charge in [-0.15, -0.1) is 0 Å². The molecule has 1 atom stereocenters. The lowest BCUT2D eigenvalue weighted by Gasteiger charge is -2.37. The van der Waals surface area contributed by atoms with E-state index in [1.807, 2.05) is 7.05 Å². The van der Waals surface area contributed by atoms with Crippen LogP contribution >= 0.6 is 0 Å². The van der Waals surface area contributed by atoms with E-state index in [0.717, 1.165) is 70.9 Å². The zero-order chi connectivity index (χ0) is 17.2. The van der Waals surface area contributed by atoms with E-state index in [9.17, 15) is 0 Å². The molecule has 1 aliphatic heterocycles. The van der Waals surface area contributed by atoms with E-state index in [1.165, 1.54) is 12.8 Å². The molecular formula is C18H36N4O2. The molecule has 2 fully saturated rings. The van der Waals surface area contributed by atoms with E-state index in [4.69, 9.17) is 9.47 Å². The fourth-order valence-corrected chi connectivity index (χ4v) is 3.03. The molecule has 0 radical (unpaired) electrons. The molecular weight excluding hydrogens is 304 g/mol. The van der Waals surface area contributed by atoms with Gasteiger partial charge >= 0.3 is 0 Å². The van der Waals surface area contributed by atoms with E-state index in [-0.39, 0.29) is 0 Å². The molecule has 140 valence electrons. The van der Waals surface area contributed by atoms with Crippen molar-refractivity contribution in [3.8, 4) is 0 Å². The van der Waals surface area contributed by atoms with Gasteiger partial charge in [-0.3, -0.25) is 9.89 Å². The lowest BCUT2D eigenvalue weighted by Crippen LogP contribution is -2.52. The van der Waals surface area contributed by atoms with E-state index in [0.29, 0.717) is 12.0 Å². The molecule has 0 aromatic heterocycles. The van der Waals surface area contributed by atoms with Gasteiger partial charge in [0.25, 0.3) is 0 Å². The smallest absolute Gasteiger partial charge is 0.191 e. The first-order valence-corrected chi connectivity index (χ1v) is 9.54. The highest BCUT2D eigenvalue weighted by atomic mass is 16.5. The molecule has 1 unspecified atom stereocenters. The summed E-state index contributed by atoms with van der Waals surface area (Å²) < 4.78 is 11.1. The fourth-order valence-electron chi connectivity index (χ4n) is 3.03. The van der Waals surface area contributed by atoms with Crippen LogP contribution in [0.5, 0.6) is 0 Å². The number of rotatable bonds is 10. The average Bonchev–Trinajstić information content (AvgIpc) is 3.41. The van der Waals surface area contributed by atoms with E-state index in [1.54, 1.807) is 0 Å². The fraction of sp³-hybridized carbons (Fsp3) is 0.944. The van der Waals surface area contributed by atoms with Crippen molar-refractivity contribution in [2.24, 2.45) is 16.8 Å². The Labute approximate surface area is 147 Å². The molecule has 0 amide bonds. The summed E-state index contributed by atoms with van der Waals surface area (Å²) in [6.45, 7) is 11.9. The van der Waals surface area contributed by atoms with Crippen molar-refractivity contribution in [1.82, 2.24) is 15.5 Å². The molecule has 2 N–H and O–H groups in total. The lowest BCUT2D eigenvalue weighted by molar-refractivity contribution is 0.00752. The van der Waals surface area contributed by atoms with Crippen molar-refractivity contribution >= 4 is 5.96 Å². The second-order valence-electron chi connectivity index (χ2n) is 7.21. The van der Waals surface area contributed by atoms with Crippen molar-refractivity contribution in [2.75, 3.05) is 59.7 Å². The van der Waals surface area contributed by atoms with Crippen LogP contribution in [-0.2, 0) is 9.47 Å².